The molecule has 1 amide bonds. The fourth-order valence-corrected chi connectivity index (χ4v) is 4.56. The van der Waals surface area contributed by atoms with Crippen molar-refractivity contribution in [3.8, 4) is 0 Å². The molecule has 1 N–H and O–H groups in total. The number of hydrogen-bond donors (Lipinski definition) is 1. The highest BCUT2D eigenvalue weighted by atomic mass is 16.2. The van der Waals surface area contributed by atoms with E-state index in [4.69, 9.17) is 9.97 Å². The van der Waals surface area contributed by atoms with Crippen molar-refractivity contribution in [2.45, 2.75) is 70.8 Å². The molecular weight excluding hydrogens is 366 g/mol. The minimum atomic E-state index is -0.143. The quantitative estimate of drug-likeness (QED) is 0.852. The van der Waals surface area contributed by atoms with E-state index >= 15 is 0 Å². The van der Waals surface area contributed by atoms with Gasteiger partial charge in [0.1, 0.15) is 11.6 Å². The van der Waals surface area contributed by atoms with Crippen molar-refractivity contribution in [2.24, 2.45) is 0 Å². The van der Waals surface area contributed by atoms with E-state index in [1.54, 1.807) is 13.1 Å². The molecule has 1 atom stereocenters. The highest BCUT2D eigenvalue weighted by Gasteiger charge is 2.45. The third-order valence-corrected chi connectivity index (χ3v) is 6.16. The van der Waals surface area contributed by atoms with Crippen LogP contribution >= 0.6 is 0 Å². The Morgan fingerprint density at radius 1 is 1.28 bits per heavy atom. The maximum Gasteiger partial charge on any atom is 0.219 e. The lowest BCUT2D eigenvalue weighted by atomic mass is 9.77. The van der Waals surface area contributed by atoms with Crippen molar-refractivity contribution in [2.75, 3.05) is 25.0 Å². The van der Waals surface area contributed by atoms with Gasteiger partial charge in [0.15, 0.2) is 0 Å². The SMILES string of the molecule is CC(=O)N1CCCC2(CCc3c(NCCn4ccnn4)nc(C(C)(C)C)nc32)C1. The third-order valence-electron chi connectivity index (χ3n) is 6.16. The summed E-state index contributed by atoms with van der Waals surface area (Å²) in [7, 11) is 0. The number of piperidine rings is 1. The number of aromatic nitrogens is 5. The molecule has 0 saturated carbocycles. The van der Waals surface area contributed by atoms with Crippen LogP contribution in [-0.2, 0) is 28.6 Å². The van der Waals surface area contributed by atoms with Gasteiger partial charge in [-0.15, -0.1) is 5.10 Å². The van der Waals surface area contributed by atoms with Gasteiger partial charge in [0, 0.05) is 49.1 Å². The predicted molar refractivity (Wildman–Crippen MR) is 111 cm³/mol. The van der Waals surface area contributed by atoms with Crippen molar-refractivity contribution in [3.05, 3.63) is 29.5 Å². The van der Waals surface area contributed by atoms with Crippen LogP contribution in [0.4, 0.5) is 5.82 Å². The Bertz CT molecular complexity index is 887. The van der Waals surface area contributed by atoms with E-state index in [2.05, 4.69) is 36.4 Å². The van der Waals surface area contributed by atoms with Crippen LogP contribution in [-0.4, -0.2) is 55.4 Å². The highest BCUT2D eigenvalue weighted by molar-refractivity contribution is 5.73. The molecule has 4 rings (SSSR count). The van der Waals surface area contributed by atoms with Gasteiger partial charge in [0.25, 0.3) is 0 Å². The number of carbonyl (C=O) groups is 1. The van der Waals surface area contributed by atoms with Crippen LogP contribution in [0.3, 0.4) is 0 Å². The summed E-state index contributed by atoms with van der Waals surface area (Å²) in [4.78, 5) is 24.1. The normalized spacial score (nSPS) is 21.4. The number of amides is 1. The summed E-state index contributed by atoms with van der Waals surface area (Å²) in [6.07, 6.45) is 7.66. The van der Waals surface area contributed by atoms with Crippen molar-refractivity contribution in [1.82, 2.24) is 29.9 Å². The van der Waals surface area contributed by atoms with Crippen LogP contribution < -0.4 is 5.32 Å². The zero-order valence-electron chi connectivity index (χ0n) is 17.9. The van der Waals surface area contributed by atoms with Gasteiger partial charge in [-0.3, -0.25) is 9.48 Å². The lowest BCUT2D eigenvalue weighted by Gasteiger charge is -2.40. The smallest absolute Gasteiger partial charge is 0.219 e. The van der Waals surface area contributed by atoms with Crippen LogP contribution in [0.25, 0.3) is 0 Å². The Hall–Kier alpha value is -2.51. The molecule has 156 valence electrons. The number of carbonyl (C=O) groups excluding carboxylic acids is 1. The van der Waals surface area contributed by atoms with E-state index in [9.17, 15) is 4.79 Å². The van der Waals surface area contributed by atoms with Gasteiger partial charge in [-0.05, 0) is 25.7 Å². The molecule has 1 saturated heterocycles. The van der Waals surface area contributed by atoms with E-state index in [-0.39, 0.29) is 16.7 Å². The highest BCUT2D eigenvalue weighted by Crippen LogP contribution is 2.46. The molecule has 2 aliphatic rings. The molecule has 1 aliphatic carbocycles. The zero-order valence-corrected chi connectivity index (χ0v) is 17.9. The number of nitrogens with one attached hydrogen (secondary N) is 1. The molecule has 2 aromatic heterocycles. The average molecular weight is 398 g/mol. The Morgan fingerprint density at radius 3 is 2.79 bits per heavy atom. The Kier molecular flexibility index (Phi) is 5.04. The van der Waals surface area contributed by atoms with Gasteiger partial charge >= 0.3 is 0 Å². The number of likely N-dealkylation sites (tertiary alicyclic amines) is 1. The molecule has 0 radical (unpaired) electrons. The molecule has 1 aliphatic heterocycles. The van der Waals surface area contributed by atoms with Gasteiger partial charge in [-0.1, -0.05) is 26.0 Å². The average Bonchev–Trinajstić information content (AvgIpc) is 3.30. The first-order chi connectivity index (χ1) is 13.8. The minimum Gasteiger partial charge on any atom is -0.368 e. The molecule has 2 aromatic rings. The summed E-state index contributed by atoms with van der Waals surface area (Å²) in [6, 6.07) is 0. The zero-order chi connectivity index (χ0) is 20.6. The fourth-order valence-electron chi connectivity index (χ4n) is 4.56. The van der Waals surface area contributed by atoms with Crippen molar-refractivity contribution in [3.63, 3.8) is 0 Å². The second kappa shape index (κ2) is 7.39. The number of rotatable bonds is 4. The third kappa shape index (κ3) is 3.84. The minimum absolute atomic E-state index is 0.0372. The summed E-state index contributed by atoms with van der Waals surface area (Å²) in [6.45, 7) is 11.2. The molecule has 8 heteroatoms. The first-order valence-electron chi connectivity index (χ1n) is 10.5. The molecule has 1 fully saturated rings. The number of hydrogen-bond acceptors (Lipinski definition) is 6. The van der Waals surface area contributed by atoms with E-state index in [1.165, 1.54) is 5.56 Å². The fraction of sp³-hybridized carbons (Fsp3) is 0.667. The Morgan fingerprint density at radius 2 is 2.10 bits per heavy atom. The topological polar surface area (TPSA) is 88.8 Å². The molecule has 1 unspecified atom stereocenters. The van der Waals surface area contributed by atoms with Crippen LogP contribution in [0.1, 0.15) is 64.0 Å². The molecular formula is C21H31N7O. The first kappa shape index (κ1) is 19.8. The summed E-state index contributed by atoms with van der Waals surface area (Å²) in [5.41, 5.74) is 2.20. The maximum atomic E-state index is 12.1. The van der Waals surface area contributed by atoms with Gasteiger partial charge in [-0.25, -0.2) is 9.97 Å². The van der Waals surface area contributed by atoms with E-state index < -0.39 is 0 Å². The summed E-state index contributed by atoms with van der Waals surface area (Å²) < 4.78 is 1.81. The maximum absolute atomic E-state index is 12.1. The summed E-state index contributed by atoms with van der Waals surface area (Å²) >= 11 is 0. The lowest BCUT2D eigenvalue weighted by molar-refractivity contribution is -0.131. The van der Waals surface area contributed by atoms with Crippen molar-refractivity contribution in [1.29, 1.82) is 0 Å². The Balaban J connectivity index is 1.66. The van der Waals surface area contributed by atoms with Crippen LogP contribution in [0.5, 0.6) is 0 Å². The van der Waals surface area contributed by atoms with Crippen LogP contribution in [0.2, 0.25) is 0 Å². The Labute approximate surface area is 172 Å². The largest absolute Gasteiger partial charge is 0.368 e. The molecule has 0 aromatic carbocycles. The molecule has 1 spiro atoms. The number of nitrogens with zero attached hydrogens (tertiary/aromatic N) is 6. The molecule has 0 bridgehead atoms. The van der Waals surface area contributed by atoms with Gasteiger partial charge in [0.2, 0.25) is 5.91 Å². The molecule has 29 heavy (non-hydrogen) atoms. The molecule has 8 nitrogen and oxygen atoms in total. The van der Waals surface area contributed by atoms with E-state index in [1.807, 2.05) is 15.8 Å². The summed E-state index contributed by atoms with van der Waals surface area (Å²) in [5, 5.41) is 11.4. The second-order valence-corrected chi connectivity index (χ2v) is 9.39. The van der Waals surface area contributed by atoms with Gasteiger partial charge < -0.3 is 10.2 Å². The molecule has 3 heterocycles. The monoisotopic (exact) mass is 397 g/mol. The second-order valence-electron chi connectivity index (χ2n) is 9.39. The van der Waals surface area contributed by atoms with Crippen molar-refractivity contribution < 1.29 is 4.79 Å². The van der Waals surface area contributed by atoms with Crippen molar-refractivity contribution >= 4 is 11.7 Å². The predicted octanol–water partition coefficient (Wildman–Crippen LogP) is 2.30. The number of fused-ring (bicyclic) bond motifs is 2. The standard InChI is InChI=1S/C21H31N7O/c1-15(29)27-11-5-7-21(14-27)8-6-16-17(21)24-19(20(2,3)4)25-18(16)22-9-12-28-13-10-23-26-28/h10,13H,5-9,11-12,14H2,1-4H3,(H,22,24,25). The van der Waals surface area contributed by atoms with Gasteiger partial charge in [0.05, 0.1) is 18.4 Å². The van der Waals surface area contributed by atoms with Gasteiger partial charge in [-0.2, -0.15) is 0 Å². The lowest BCUT2D eigenvalue weighted by Crippen LogP contribution is -2.47. The van der Waals surface area contributed by atoms with E-state index in [0.29, 0.717) is 0 Å². The number of anilines is 1. The van der Waals surface area contributed by atoms with Crippen LogP contribution in [0.15, 0.2) is 12.4 Å². The first-order valence-corrected chi connectivity index (χ1v) is 10.5. The van der Waals surface area contributed by atoms with E-state index in [0.717, 1.165) is 69.2 Å². The summed E-state index contributed by atoms with van der Waals surface area (Å²) in [5.74, 6) is 1.96. The van der Waals surface area contributed by atoms with Crippen LogP contribution in [0, 0.1) is 0 Å².